The molecule has 124 valence electrons. The third-order valence-corrected chi connectivity index (χ3v) is 4.48. The molecule has 0 aromatic heterocycles. The lowest BCUT2D eigenvalue weighted by Gasteiger charge is -2.24. The van der Waals surface area contributed by atoms with Gasteiger partial charge in [0.1, 0.15) is 0 Å². The van der Waals surface area contributed by atoms with Crippen LogP contribution in [0.5, 0.6) is 0 Å². The lowest BCUT2D eigenvalue weighted by molar-refractivity contribution is 0.252. The summed E-state index contributed by atoms with van der Waals surface area (Å²) in [6.07, 6.45) is 3.61. The van der Waals surface area contributed by atoms with Gasteiger partial charge in [-0.05, 0) is 75.6 Å². The van der Waals surface area contributed by atoms with Crippen molar-refractivity contribution in [1.82, 2.24) is 15.5 Å². The van der Waals surface area contributed by atoms with Gasteiger partial charge in [-0.3, -0.25) is 4.90 Å². The van der Waals surface area contributed by atoms with Gasteiger partial charge >= 0.3 is 0 Å². The van der Waals surface area contributed by atoms with E-state index >= 15 is 0 Å². The monoisotopic (exact) mass is 303 g/mol. The summed E-state index contributed by atoms with van der Waals surface area (Å²) < 4.78 is 0. The third kappa shape index (κ3) is 6.47. The molecule has 1 fully saturated rings. The Labute approximate surface area is 136 Å². The van der Waals surface area contributed by atoms with Crippen LogP contribution in [0.15, 0.2) is 24.3 Å². The number of hydrogen-bond acceptors (Lipinski definition) is 3. The van der Waals surface area contributed by atoms with Crippen LogP contribution in [0.25, 0.3) is 0 Å². The van der Waals surface area contributed by atoms with Crippen LogP contribution < -0.4 is 10.6 Å². The first-order valence-corrected chi connectivity index (χ1v) is 8.99. The molecule has 0 atom stereocenters. The highest BCUT2D eigenvalue weighted by Gasteiger charge is 2.08. The first-order chi connectivity index (χ1) is 10.8. The van der Waals surface area contributed by atoms with Gasteiger partial charge in [0.2, 0.25) is 0 Å². The van der Waals surface area contributed by atoms with E-state index in [0.717, 1.165) is 45.1 Å². The maximum atomic E-state index is 3.59. The van der Waals surface area contributed by atoms with Crippen molar-refractivity contribution in [1.29, 1.82) is 0 Å². The number of hydrogen-bond donors (Lipinski definition) is 2. The van der Waals surface area contributed by atoms with Crippen LogP contribution >= 0.6 is 0 Å². The normalized spacial score (nSPS) is 20.3. The SMILES string of the molecule is CCc1ccc(CN2CCCNCC(C)CNCCC2)cc1. The average Bonchev–Trinajstić information content (AvgIpc) is 2.53. The van der Waals surface area contributed by atoms with Crippen molar-refractivity contribution in [2.45, 2.75) is 39.7 Å². The number of rotatable bonds is 3. The molecule has 0 amide bonds. The standard InChI is InChI=1S/C19H33N3/c1-3-18-6-8-19(9-7-18)16-22-12-4-10-20-14-17(2)15-21-11-5-13-22/h6-9,17,20-21H,3-5,10-16H2,1-2H3. The van der Waals surface area contributed by atoms with Gasteiger partial charge in [-0.1, -0.05) is 38.1 Å². The smallest absolute Gasteiger partial charge is 0.0233 e. The zero-order valence-electron chi connectivity index (χ0n) is 14.4. The fraction of sp³-hybridized carbons (Fsp3) is 0.684. The molecule has 3 nitrogen and oxygen atoms in total. The van der Waals surface area contributed by atoms with Crippen molar-refractivity contribution < 1.29 is 0 Å². The molecular weight excluding hydrogens is 270 g/mol. The molecule has 2 rings (SSSR count). The molecule has 1 aliphatic rings. The zero-order valence-corrected chi connectivity index (χ0v) is 14.4. The van der Waals surface area contributed by atoms with Gasteiger partial charge in [0.25, 0.3) is 0 Å². The molecule has 1 heterocycles. The Bertz CT molecular complexity index is 388. The summed E-state index contributed by atoms with van der Waals surface area (Å²) in [5.41, 5.74) is 2.87. The molecule has 0 bridgehead atoms. The molecule has 22 heavy (non-hydrogen) atoms. The molecule has 3 heteroatoms. The molecule has 1 aromatic carbocycles. The Hall–Kier alpha value is -0.900. The van der Waals surface area contributed by atoms with Crippen LogP contribution in [0.4, 0.5) is 0 Å². The van der Waals surface area contributed by atoms with Gasteiger partial charge in [0, 0.05) is 6.54 Å². The number of nitrogens with one attached hydrogen (secondary N) is 2. The summed E-state index contributed by atoms with van der Waals surface area (Å²) in [6.45, 7) is 12.5. The predicted molar refractivity (Wildman–Crippen MR) is 95.2 cm³/mol. The van der Waals surface area contributed by atoms with Gasteiger partial charge in [-0.2, -0.15) is 0 Å². The third-order valence-electron chi connectivity index (χ3n) is 4.48. The Morgan fingerprint density at radius 2 is 1.50 bits per heavy atom. The van der Waals surface area contributed by atoms with Gasteiger partial charge in [-0.15, -0.1) is 0 Å². The summed E-state index contributed by atoms with van der Waals surface area (Å²) in [7, 11) is 0. The zero-order chi connectivity index (χ0) is 15.6. The average molecular weight is 303 g/mol. The maximum Gasteiger partial charge on any atom is 0.0233 e. The van der Waals surface area contributed by atoms with E-state index in [2.05, 4.69) is 53.6 Å². The van der Waals surface area contributed by atoms with E-state index in [4.69, 9.17) is 0 Å². The quantitative estimate of drug-likeness (QED) is 0.899. The van der Waals surface area contributed by atoms with E-state index in [1.807, 2.05) is 0 Å². The fourth-order valence-electron chi connectivity index (χ4n) is 3.03. The lowest BCUT2D eigenvalue weighted by atomic mass is 10.1. The molecule has 1 aromatic rings. The van der Waals surface area contributed by atoms with Crippen LogP contribution in [0.1, 0.15) is 37.8 Å². The maximum absolute atomic E-state index is 3.59. The molecule has 0 saturated carbocycles. The first kappa shape index (κ1) is 17.5. The number of nitrogens with zero attached hydrogens (tertiary/aromatic N) is 1. The van der Waals surface area contributed by atoms with Crippen LogP contribution in [0.2, 0.25) is 0 Å². The summed E-state index contributed by atoms with van der Waals surface area (Å²) in [4.78, 5) is 2.61. The van der Waals surface area contributed by atoms with Crippen molar-refractivity contribution in [3.8, 4) is 0 Å². The first-order valence-electron chi connectivity index (χ1n) is 8.99. The van der Waals surface area contributed by atoms with Gasteiger partial charge < -0.3 is 10.6 Å². The Morgan fingerprint density at radius 3 is 2.05 bits per heavy atom. The number of aryl methyl sites for hydroxylation is 1. The van der Waals surface area contributed by atoms with Crippen molar-refractivity contribution in [2.24, 2.45) is 5.92 Å². The fourth-order valence-corrected chi connectivity index (χ4v) is 3.03. The van der Waals surface area contributed by atoms with E-state index < -0.39 is 0 Å². The molecule has 1 aliphatic heterocycles. The molecule has 0 unspecified atom stereocenters. The van der Waals surface area contributed by atoms with E-state index in [-0.39, 0.29) is 0 Å². The van der Waals surface area contributed by atoms with Crippen LogP contribution in [0, 0.1) is 5.92 Å². The predicted octanol–water partition coefficient (Wildman–Crippen LogP) is 2.66. The summed E-state index contributed by atoms with van der Waals surface area (Å²) in [5, 5.41) is 7.17. The summed E-state index contributed by atoms with van der Waals surface area (Å²) in [6, 6.07) is 9.15. The Balaban J connectivity index is 1.84. The van der Waals surface area contributed by atoms with Crippen LogP contribution in [0.3, 0.4) is 0 Å². The minimum Gasteiger partial charge on any atom is -0.316 e. The van der Waals surface area contributed by atoms with Crippen LogP contribution in [-0.4, -0.2) is 44.2 Å². The highest BCUT2D eigenvalue weighted by molar-refractivity contribution is 5.22. The van der Waals surface area contributed by atoms with Crippen molar-refractivity contribution in [2.75, 3.05) is 39.3 Å². The molecule has 1 saturated heterocycles. The minimum absolute atomic E-state index is 0.729. The second-order valence-electron chi connectivity index (χ2n) is 6.67. The Morgan fingerprint density at radius 1 is 0.955 bits per heavy atom. The van der Waals surface area contributed by atoms with Gasteiger partial charge in [0.05, 0.1) is 0 Å². The van der Waals surface area contributed by atoms with Crippen molar-refractivity contribution in [3.63, 3.8) is 0 Å². The molecule has 0 radical (unpaired) electrons. The lowest BCUT2D eigenvalue weighted by Crippen LogP contribution is -2.35. The van der Waals surface area contributed by atoms with E-state index in [1.165, 1.54) is 37.1 Å². The summed E-state index contributed by atoms with van der Waals surface area (Å²) >= 11 is 0. The number of benzene rings is 1. The molecular formula is C19H33N3. The van der Waals surface area contributed by atoms with Crippen molar-refractivity contribution >= 4 is 0 Å². The van der Waals surface area contributed by atoms with Crippen molar-refractivity contribution in [3.05, 3.63) is 35.4 Å². The summed E-state index contributed by atoms with van der Waals surface area (Å²) in [5.74, 6) is 0.729. The second-order valence-corrected chi connectivity index (χ2v) is 6.67. The second kappa shape index (κ2) is 9.98. The van der Waals surface area contributed by atoms with Crippen LogP contribution in [-0.2, 0) is 13.0 Å². The molecule has 2 N–H and O–H groups in total. The van der Waals surface area contributed by atoms with E-state index in [9.17, 15) is 0 Å². The van der Waals surface area contributed by atoms with Gasteiger partial charge in [0.15, 0.2) is 0 Å². The van der Waals surface area contributed by atoms with E-state index in [1.54, 1.807) is 0 Å². The topological polar surface area (TPSA) is 27.3 Å². The molecule has 0 aliphatic carbocycles. The largest absolute Gasteiger partial charge is 0.316 e. The Kier molecular flexibility index (Phi) is 7.92. The minimum atomic E-state index is 0.729. The van der Waals surface area contributed by atoms with E-state index in [0.29, 0.717) is 0 Å². The highest BCUT2D eigenvalue weighted by atomic mass is 15.1. The highest BCUT2D eigenvalue weighted by Crippen LogP contribution is 2.09. The van der Waals surface area contributed by atoms with Gasteiger partial charge in [-0.25, -0.2) is 0 Å². The molecule has 0 spiro atoms.